The first kappa shape index (κ1) is 19.0. The second kappa shape index (κ2) is 8.15. The number of benzene rings is 2. The second-order valence-electron chi connectivity index (χ2n) is 4.68. The van der Waals surface area contributed by atoms with Gasteiger partial charge in [0, 0.05) is 17.2 Å². The van der Waals surface area contributed by atoms with Crippen molar-refractivity contribution in [2.75, 3.05) is 11.9 Å². The van der Waals surface area contributed by atoms with E-state index < -0.39 is 17.4 Å². The van der Waals surface area contributed by atoms with Crippen molar-refractivity contribution in [3.63, 3.8) is 0 Å². The van der Waals surface area contributed by atoms with E-state index in [2.05, 4.69) is 5.32 Å². The van der Waals surface area contributed by atoms with Gasteiger partial charge in [0.15, 0.2) is 12.9 Å². The highest BCUT2D eigenvalue weighted by Gasteiger charge is 2.15. The number of nitro groups is 1. The van der Waals surface area contributed by atoms with Crippen molar-refractivity contribution in [1.29, 1.82) is 0 Å². The van der Waals surface area contributed by atoms with Crippen molar-refractivity contribution in [2.45, 2.75) is 0 Å². The van der Waals surface area contributed by atoms with Gasteiger partial charge in [-0.1, -0.05) is 34.8 Å². The SMILES string of the molecule is O=Cc1cc([N+](=O)[O-])ccc1OCC(=O)Nc1c(Cl)cc(Cl)cc1Cl. The molecule has 2 aromatic carbocycles. The number of nitrogens with zero attached hydrogens (tertiary/aromatic N) is 1. The summed E-state index contributed by atoms with van der Waals surface area (Å²) in [7, 11) is 0. The first-order chi connectivity index (χ1) is 11.8. The van der Waals surface area contributed by atoms with Crippen molar-refractivity contribution in [3.8, 4) is 5.75 Å². The highest BCUT2D eigenvalue weighted by atomic mass is 35.5. The largest absolute Gasteiger partial charge is 0.483 e. The number of nitro benzene ring substituents is 1. The summed E-state index contributed by atoms with van der Waals surface area (Å²) in [5.41, 5.74) is -0.149. The summed E-state index contributed by atoms with van der Waals surface area (Å²) in [5.74, 6) is -0.564. The minimum absolute atomic E-state index is 0.0315. The maximum Gasteiger partial charge on any atom is 0.270 e. The number of anilines is 1. The van der Waals surface area contributed by atoms with Crippen LogP contribution in [0.5, 0.6) is 5.75 Å². The van der Waals surface area contributed by atoms with Crippen LogP contribution in [0.1, 0.15) is 10.4 Å². The predicted molar refractivity (Wildman–Crippen MR) is 94.1 cm³/mol. The molecule has 1 amide bonds. The van der Waals surface area contributed by atoms with Crippen LogP contribution in [0.3, 0.4) is 0 Å². The zero-order valence-corrected chi connectivity index (χ0v) is 14.6. The molecule has 0 bridgehead atoms. The van der Waals surface area contributed by atoms with Crippen LogP contribution in [0.2, 0.25) is 15.1 Å². The summed E-state index contributed by atoms with van der Waals surface area (Å²) in [6.07, 6.45) is 0.396. The molecular formula is C15H9Cl3N2O5. The molecule has 2 rings (SSSR count). The van der Waals surface area contributed by atoms with Crippen LogP contribution in [0, 0.1) is 10.1 Å². The molecule has 0 aliphatic carbocycles. The zero-order chi connectivity index (χ0) is 18.6. The van der Waals surface area contributed by atoms with Crippen LogP contribution in [0.4, 0.5) is 11.4 Å². The molecule has 7 nitrogen and oxygen atoms in total. The number of rotatable bonds is 6. The predicted octanol–water partition coefficient (Wildman–Crippen LogP) is 4.39. The van der Waals surface area contributed by atoms with E-state index in [1.807, 2.05) is 0 Å². The van der Waals surface area contributed by atoms with E-state index in [9.17, 15) is 19.7 Å². The van der Waals surface area contributed by atoms with E-state index in [0.29, 0.717) is 11.3 Å². The van der Waals surface area contributed by atoms with Crippen molar-refractivity contribution in [3.05, 3.63) is 61.1 Å². The fourth-order valence-corrected chi connectivity index (χ4v) is 2.76. The van der Waals surface area contributed by atoms with Gasteiger partial charge in [-0.3, -0.25) is 19.7 Å². The highest BCUT2D eigenvalue weighted by Crippen LogP contribution is 2.33. The molecule has 0 atom stereocenters. The van der Waals surface area contributed by atoms with Crippen LogP contribution in [-0.4, -0.2) is 23.7 Å². The summed E-state index contributed by atoms with van der Waals surface area (Å²) < 4.78 is 5.22. The van der Waals surface area contributed by atoms with Gasteiger partial charge in [-0.2, -0.15) is 0 Å². The van der Waals surface area contributed by atoms with Gasteiger partial charge in [0.05, 0.1) is 26.2 Å². The van der Waals surface area contributed by atoms with Crippen molar-refractivity contribution < 1.29 is 19.2 Å². The minimum Gasteiger partial charge on any atom is -0.483 e. The molecule has 2 aromatic rings. The summed E-state index contributed by atoms with van der Waals surface area (Å²) >= 11 is 17.7. The van der Waals surface area contributed by atoms with Crippen molar-refractivity contribution in [2.24, 2.45) is 0 Å². The van der Waals surface area contributed by atoms with E-state index in [1.54, 1.807) is 0 Å². The number of nitrogens with one attached hydrogen (secondary N) is 1. The number of hydrogen-bond donors (Lipinski definition) is 1. The third-order valence-electron chi connectivity index (χ3n) is 2.96. The molecule has 0 radical (unpaired) electrons. The van der Waals surface area contributed by atoms with E-state index in [4.69, 9.17) is 39.5 Å². The number of carbonyl (C=O) groups excluding carboxylic acids is 2. The maximum atomic E-state index is 12.0. The Labute approximate surface area is 156 Å². The van der Waals surface area contributed by atoms with E-state index in [0.717, 1.165) is 12.1 Å². The number of hydrogen-bond acceptors (Lipinski definition) is 5. The molecule has 1 N–H and O–H groups in total. The average Bonchev–Trinajstić information content (AvgIpc) is 2.55. The fraction of sp³-hybridized carbons (Fsp3) is 0.0667. The molecule has 0 unspecified atom stereocenters. The molecule has 0 aliphatic rings. The van der Waals surface area contributed by atoms with E-state index in [1.165, 1.54) is 18.2 Å². The Morgan fingerprint density at radius 3 is 2.40 bits per heavy atom. The van der Waals surface area contributed by atoms with Crippen molar-refractivity contribution in [1.82, 2.24) is 0 Å². The minimum atomic E-state index is -0.645. The quantitative estimate of drug-likeness (QED) is 0.438. The van der Waals surface area contributed by atoms with E-state index >= 15 is 0 Å². The van der Waals surface area contributed by atoms with Crippen LogP contribution in [0.25, 0.3) is 0 Å². The third kappa shape index (κ3) is 4.82. The Morgan fingerprint density at radius 1 is 1.20 bits per heavy atom. The first-order valence-corrected chi connectivity index (χ1v) is 7.76. The van der Waals surface area contributed by atoms with Gasteiger partial charge in [-0.05, 0) is 18.2 Å². The summed E-state index contributed by atoms with van der Waals surface area (Å²) in [6, 6.07) is 6.26. The Hall–Kier alpha value is -2.35. The standard InChI is InChI=1S/C15H9Cl3N2O5/c16-9-4-11(17)15(12(18)5-9)19-14(22)7-25-13-2-1-10(20(23)24)3-8(13)6-21/h1-6H,7H2,(H,19,22). The molecule has 0 saturated carbocycles. The number of aldehydes is 1. The van der Waals surface area contributed by atoms with Gasteiger partial charge in [-0.25, -0.2) is 0 Å². The van der Waals surface area contributed by atoms with Crippen LogP contribution in [-0.2, 0) is 4.79 Å². The Kier molecular flexibility index (Phi) is 6.19. The molecule has 25 heavy (non-hydrogen) atoms. The van der Waals surface area contributed by atoms with Gasteiger partial charge >= 0.3 is 0 Å². The van der Waals surface area contributed by atoms with Gasteiger partial charge < -0.3 is 10.1 Å². The Morgan fingerprint density at radius 2 is 1.84 bits per heavy atom. The molecule has 10 heteroatoms. The van der Waals surface area contributed by atoms with E-state index in [-0.39, 0.29) is 32.7 Å². The Balaban J connectivity index is 2.08. The summed E-state index contributed by atoms with van der Waals surface area (Å²) in [5, 5.41) is 13.8. The lowest BCUT2D eigenvalue weighted by Crippen LogP contribution is -2.21. The zero-order valence-electron chi connectivity index (χ0n) is 12.3. The lowest BCUT2D eigenvalue weighted by atomic mass is 10.2. The topological polar surface area (TPSA) is 98.5 Å². The molecule has 0 saturated heterocycles. The first-order valence-electron chi connectivity index (χ1n) is 6.62. The molecule has 0 aromatic heterocycles. The fourth-order valence-electron chi connectivity index (χ4n) is 1.85. The number of ether oxygens (including phenoxy) is 1. The van der Waals surface area contributed by atoms with Gasteiger partial charge in [0.1, 0.15) is 5.75 Å². The number of halogens is 3. The van der Waals surface area contributed by atoms with Crippen LogP contribution < -0.4 is 10.1 Å². The number of carbonyl (C=O) groups is 2. The molecule has 0 heterocycles. The summed E-state index contributed by atoms with van der Waals surface area (Å²) in [4.78, 5) is 33.0. The maximum absolute atomic E-state index is 12.0. The summed E-state index contributed by atoms with van der Waals surface area (Å²) in [6.45, 7) is -0.464. The highest BCUT2D eigenvalue weighted by molar-refractivity contribution is 6.42. The van der Waals surface area contributed by atoms with Crippen LogP contribution in [0.15, 0.2) is 30.3 Å². The van der Waals surface area contributed by atoms with Crippen molar-refractivity contribution >= 4 is 58.4 Å². The van der Waals surface area contributed by atoms with Gasteiger partial charge in [0.25, 0.3) is 11.6 Å². The lowest BCUT2D eigenvalue weighted by molar-refractivity contribution is -0.384. The average molecular weight is 404 g/mol. The van der Waals surface area contributed by atoms with Gasteiger partial charge in [-0.15, -0.1) is 0 Å². The molecule has 0 spiro atoms. The smallest absolute Gasteiger partial charge is 0.270 e. The molecule has 130 valence electrons. The van der Waals surface area contributed by atoms with Gasteiger partial charge in [0.2, 0.25) is 0 Å². The molecule has 0 fully saturated rings. The number of amides is 1. The van der Waals surface area contributed by atoms with Crippen LogP contribution >= 0.6 is 34.8 Å². The monoisotopic (exact) mass is 402 g/mol. The second-order valence-corrected chi connectivity index (χ2v) is 5.93. The molecular weight excluding hydrogens is 395 g/mol. The number of non-ortho nitro benzene ring substituents is 1. The Bertz CT molecular complexity index is 834. The third-order valence-corrected chi connectivity index (χ3v) is 3.78. The normalized spacial score (nSPS) is 10.2. The molecule has 0 aliphatic heterocycles. The lowest BCUT2D eigenvalue weighted by Gasteiger charge is -2.11.